The lowest BCUT2D eigenvalue weighted by atomic mass is 10.1. The van der Waals surface area contributed by atoms with E-state index in [2.05, 4.69) is 15.9 Å². The molecule has 1 aliphatic heterocycles. The summed E-state index contributed by atoms with van der Waals surface area (Å²) in [7, 11) is 0. The van der Waals surface area contributed by atoms with Crippen molar-refractivity contribution in [3.63, 3.8) is 0 Å². The Kier molecular flexibility index (Phi) is 2.80. The van der Waals surface area contributed by atoms with E-state index in [1.165, 1.54) is 6.08 Å². The highest BCUT2D eigenvalue weighted by Gasteiger charge is 2.17. The number of benzene rings is 1. The Morgan fingerprint density at radius 2 is 2.06 bits per heavy atom. The van der Waals surface area contributed by atoms with E-state index in [4.69, 9.17) is 20.0 Å². The number of allylic oxidation sites excluding steroid dienone is 1. The fourth-order valence-corrected chi connectivity index (χ4v) is 1.90. The van der Waals surface area contributed by atoms with Gasteiger partial charge in [0.05, 0.1) is 4.47 Å². The molecular weight excluding hydrogens is 272 g/mol. The maximum absolute atomic E-state index is 8.64. The van der Waals surface area contributed by atoms with Crippen LogP contribution in [-0.2, 0) is 0 Å². The van der Waals surface area contributed by atoms with Gasteiger partial charge in [-0.1, -0.05) is 0 Å². The Bertz CT molecular complexity index is 536. The first-order valence-corrected chi connectivity index (χ1v) is 5.15. The van der Waals surface area contributed by atoms with Crippen LogP contribution in [0.25, 0.3) is 6.08 Å². The van der Waals surface area contributed by atoms with Crippen molar-refractivity contribution in [2.75, 3.05) is 6.79 Å². The van der Waals surface area contributed by atoms with Gasteiger partial charge in [0.1, 0.15) is 17.7 Å². The van der Waals surface area contributed by atoms with Crippen molar-refractivity contribution < 1.29 is 9.47 Å². The van der Waals surface area contributed by atoms with Crippen LogP contribution in [0, 0.1) is 22.7 Å². The molecule has 16 heavy (non-hydrogen) atoms. The van der Waals surface area contributed by atoms with Crippen LogP contribution in [-0.4, -0.2) is 6.79 Å². The lowest BCUT2D eigenvalue weighted by Crippen LogP contribution is -1.93. The first-order chi connectivity index (χ1) is 7.74. The van der Waals surface area contributed by atoms with Crippen LogP contribution >= 0.6 is 15.9 Å². The number of halogens is 1. The van der Waals surface area contributed by atoms with Gasteiger partial charge in [-0.3, -0.25) is 0 Å². The minimum Gasteiger partial charge on any atom is -0.454 e. The Balaban J connectivity index is 2.47. The van der Waals surface area contributed by atoms with Crippen LogP contribution in [0.15, 0.2) is 22.2 Å². The van der Waals surface area contributed by atoms with E-state index < -0.39 is 0 Å². The van der Waals surface area contributed by atoms with E-state index in [0.29, 0.717) is 17.1 Å². The maximum Gasteiger partial charge on any atom is 0.231 e. The molecule has 2 rings (SSSR count). The van der Waals surface area contributed by atoms with Gasteiger partial charge in [-0.25, -0.2) is 0 Å². The van der Waals surface area contributed by atoms with Crippen molar-refractivity contribution in [1.29, 1.82) is 10.5 Å². The van der Waals surface area contributed by atoms with Gasteiger partial charge in [0, 0.05) is 0 Å². The standard InChI is InChI=1S/C11H5BrN2O2/c12-9-2-7(1-8(4-13)5-14)3-10-11(9)16-6-15-10/h1-3H,6H2. The van der Waals surface area contributed by atoms with Crippen LogP contribution < -0.4 is 9.47 Å². The van der Waals surface area contributed by atoms with E-state index in [1.807, 2.05) is 0 Å². The van der Waals surface area contributed by atoms with Crippen LogP contribution in [0.1, 0.15) is 5.56 Å². The highest BCUT2D eigenvalue weighted by atomic mass is 79.9. The normalized spacial score (nSPS) is 11.4. The maximum atomic E-state index is 8.64. The Labute approximate surface area is 100 Å². The average molecular weight is 277 g/mol. The summed E-state index contributed by atoms with van der Waals surface area (Å²) in [5.74, 6) is 1.25. The zero-order valence-corrected chi connectivity index (χ0v) is 9.61. The summed E-state index contributed by atoms with van der Waals surface area (Å²) in [6.07, 6.45) is 1.49. The second kappa shape index (κ2) is 4.26. The summed E-state index contributed by atoms with van der Waals surface area (Å²) in [5, 5.41) is 17.3. The molecule has 1 aliphatic rings. The Hall–Kier alpha value is -1.98. The molecule has 0 aliphatic carbocycles. The van der Waals surface area contributed by atoms with Crippen LogP contribution in [0.5, 0.6) is 11.5 Å². The molecular formula is C11H5BrN2O2. The minimum absolute atomic E-state index is 0.0470. The fraction of sp³-hybridized carbons (Fsp3) is 0.0909. The first-order valence-electron chi connectivity index (χ1n) is 4.35. The largest absolute Gasteiger partial charge is 0.454 e. The van der Waals surface area contributed by atoms with Crippen molar-refractivity contribution >= 4 is 22.0 Å². The summed E-state index contributed by atoms with van der Waals surface area (Å²) in [4.78, 5) is 0. The van der Waals surface area contributed by atoms with Crippen molar-refractivity contribution in [2.24, 2.45) is 0 Å². The summed E-state index contributed by atoms with van der Waals surface area (Å²) in [6, 6.07) is 7.09. The van der Waals surface area contributed by atoms with E-state index in [1.54, 1.807) is 24.3 Å². The monoisotopic (exact) mass is 276 g/mol. The zero-order valence-electron chi connectivity index (χ0n) is 8.03. The molecule has 0 aromatic heterocycles. The van der Waals surface area contributed by atoms with Gasteiger partial charge >= 0.3 is 0 Å². The number of hydrogen-bond donors (Lipinski definition) is 0. The van der Waals surface area contributed by atoms with E-state index in [0.717, 1.165) is 4.47 Å². The molecule has 0 fully saturated rings. The van der Waals surface area contributed by atoms with Gasteiger partial charge in [0.15, 0.2) is 11.5 Å². The van der Waals surface area contributed by atoms with Crippen molar-refractivity contribution in [3.05, 3.63) is 27.7 Å². The molecule has 4 nitrogen and oxygen atoms in total. The second-order valence-corrected chi connectivity index (χ2v) is 3.87. The van der Waals surface area contributed by atoms with E-state index in [9.17, 15) is 0 Å². The molecule has 0 amide bonds. The van der Waals surface area contributed by atoms with E-state index in [-0.39, 0.29) is 12.4 Å². The van der Waals surface area contributed by atoms with Crippen LogP contribution in [0.4, 0.5) is 0 Å². The molecule has 0 saturated heterocycles. The molecule has 0 unspecified atom stereocenters. The molecule has 78 valence electrons. The molecule has 0 spiro atoms. The van der Waals surface area contributed by atoms with Crippen molar-refractivity contribution in [2.45, 2.75) is 0 Å². The quantitative estimate of drug-likeness (QED) is 0.740. The summed E-state index contributed by atoms with van der Waals surface area (Å²) in [6.45, 7) is 0.185. The fourth-order valence-electron chi connectivity index (χ4n) is 1.33. The third-order valence-electron chi connectivity index (χ3n) is 2.00. The van der Waals surface area contributed by atoms with Crippen LogP contribution in [0.2, 0.25) is 0 Å². The predicted octanol–water partition coefficient (Wildman–Crippen LogP) is 2.61. The number of rotatable bonds is 1. The molecule has 5 heteroatoms. The van der Waals surface area contributed by atoms with Gasteiger partial charge in [-0.2, -0.15) is 10.5 Å². The predicted molar refractivity (Wildman–Crippen MR) is 59.5 cm³/mol. The van der Waals surface area contributed by atoms with Gasteiger partial charge in [-0.15, -0.1) is 0 Å². The summed E-state index contributed by atoms with van der Waals surface area (Å²) in [5.41, 5.74) is 0.764. The number of nitrogens with zero attached hydrogens (tertiary/aromatic N) is 2. The Morgan fingerprint density at radius 1 is 1.31 bits per heavy atom. The average Bonchev–Trinajstić information content (AvgIpc) is 2.74. The Morgan fingerprint density at radius 3 is 2.75 bits per heavy atom. The molecule has 0 saturated carbocycles. The third-order valence-corrected chi connectivity index (χ3v) is 2.59. The molecule has 0 bridgehead atoms. The third kappa shape index (κ3) is 1.86. The molecule has 1 aromatic carbocycles. The number of hydrogen-bond acceptors (Lipinski definition) is 4. The van der Waals surface area contributed by atoms with Gasteiger partial charge in [0.2, 0.25) is 6.79 Å². The van der Waals surface area contributed by atoms with Gasteiger partial charge in [0.25, 0.3) is 0 Å². The summed E-state index contributed by atoms with van der Waals surface area (Å²) >= 11 is 3.33. The number of nitriles is 2. The van der Waals surface area contributed by atoms with Gasteiger partial charge < -0.3 is 9.47 Å². The van der Waals surface area contributed by atoms with Gasteiger partial charge in [-0.05, 0) is 39.7 Å². The summed E-state index contributed by atoms with van der Waals surface area (Å²) < 4.78 is 11.2. The lowest BCUT2D eigenvalue weighted by Gasteiger charge is -2.00. The topological polar surface area (TPSA) is 66.0 Å². The second-order valence-electron chi connectivity index (χ2n) is 3.02. The van der Waals surface area contributed by atoms with E-state index >= 15 is 0 Å². The van der Waals surface area contributed by atoms with Crippen molar-refractivity contribution in [3.8, 4) is 23.6 Å². The molecule has 0 radical (unpaired) electrons. The lowest BCUT2D eigenvalue weighted by molar-refractivity contribution is 0.173. The molecule has 0 N–H and O–H groups in total. The first kappa shape index (κ1) is 10.5. The van der Waals surface area contributed by atoms with Crippen molar-refractivity contribution in [1.82, 2.24) is 0 Å². The minimum atomic E-state index is 0.0470. The SMILES string of the molecule is N#CC(C#N)=Cc1cc(Br)c2c(c1)OCO2. The zero-order chi connectivity index (χ0) is 11.5. The number of ether oxygens (including phenoxy) is 2. The molecule has 1 aromatic rings. The molecule has 1 heterocycles. The highest BCUT2D eigenvalue weighted by Crippen LogP contribution is 2.40. The number of fused-ring (bicyclic) bond motifs is 1. The van der Waals surface area contributed by atoms with Crippen LogP contribution in [0.3, 0.4) is 0 Å². The highest BCUT2D eigenvalue weighted by molar-refractivity contribution is 9.10. The smallest absolute Gasteiger partial charge is 0.231 e. The molecule has 0 atom stereocenters.